The third kappa shape index (κ3) is 10.4. The molecule has 0 unspecified atom stereocenters. The summed E-state index contributed by atoms with van der Waals surface area (Å²) in [4.78, 5) is 26.1. The highest BCUT2D eigenvalue weighted by Crippen LogP contribution is 2.42. The van der Waals surface area contributed by atoms with Crippen LogP contribution in [0.15, 0.2) is 0 Å². The smallest absolute Gasteiger partial charge is 0.232 e. The molecule has 0 amide bonds. The molecule has 0 aromatic carbocycles. The molecule has 9 nitrogen and oxygen atoms in total. The summed E-state index contributed by atoms with van der Waals surface area (Å²) in [6, 6.07) is 0.709. The lowest BCUT2D eigenvalue weighted by Gasteiger charge is -2.56. The van der Waals surface area contributed by atoms with Crippen LogP contribution in [0.3, 0.4) is 0 Å². The van der Waals surface area contributed by atoms with E-state index in [4.69, 9.17) is 15.0 Å². The van der Waals surface area contributed by atoms with Gasteiger partial charge in [0.05, 0.1) is 6.67 Å². The van der Waals surface area contributed by atoms with E-state index in [-0.39, 0.29) is 22.2 Å². The van der Waals surface area contributed by atoms with Crippen molar-refractivity contribution in [2.24, 2.45) is 0 Å². The fraction of sp³-hybridized carbons (Fsp3) is 0.921. The number of nitrogens with one attached hydrogen (secondary N) is 2. The number of nitrogens with zero attached hydrogens (tertiary/aromatic N) is 7. The SMILES string of the molecule is CCCCCCNCNc1nc(N(CCCC)C2CC(C)(C)N(C)C(C)(C)C2)nc(N(CCCC)C2CC(C)(C)N(C)C(C)(C)C2)n1. The second-order valence-corrected chi connectivity index (χ2v) is 17.3. The number of hydrogen-bond donors (Lipinski definition) is 2. The van der Waals surface area contributed by atoms with Gasteiger partial charge in [-0.2, -0.15) is 15.0 Å². The number of hydrogen-bond acceptors (Lipinski definition) is 9. The van der Waals surface area contributed by atoms with Gasteiger partial charge in [0.2, 0.25) is 17.8 Å². The van der Waals surface area contributed by atoms with E-state index >= 15 is 0 Å². The van der Waals surface area contributed by atoms with Crippen LogP contribution in [0.25, 0.3) is 0 Å². The summed E-state index contributed by atoms with van der Waals surface area (Å²) >= 11 is 0. The second kappa shape index (κ2) is 16.8. The highest BCUT2D eigenvalue weighted by molar-refractivity contribution is 5.47. The van der Waals surface area contributed by atoms with Crippen molar-refractivity contribution in [1.82, 2.24) is 30.1 Å². The van der Waals surface area contributed by atoms with Gasteiger partial charge < -0.3 is 15.1 Å². The Balaban J connectivity index is 2.06. The second-order valence-electron chi connectivity index (χ2n) is 17.3. The molecule has 2 N–H and O–H groups in total. The van der Waals surface area contributed by atoms with E-state index in [9.17, 15) is 0 Å². The highest BCUT2D eigenvalue weighted by Gasteiger charge is 2.47. The number of rotatable bonds is 18. The van der Waals surface area contributed by atoms with Crippen molar-refractivity contribution >= 4 is 17.8 Å². The van der Waals surface area contributed by atoms with Crippen molar-refractivity contribution < 1.29 is 0 Å². The highest BCUT2D eigenvalue weighted by atomic mass is 15.4. The van der Waals surface area contributed by atoms with Crippen LogP contribution in [0.4, 0.5) is 17.8 Å². The number of piperidine rings is 2. The van der Waals surface area contributed by atoms with Crippen molar-refractivity contribution in [3.8, 4) is 0 Å². The van der Waals surface area contributed by atoms with Gasteiger partial charge in [-0.05, 0) is 121 Å². The number of aromatic nitrogens is 3. The van der Waals surface area contributed by atoms with Crippen LogP contribution in [0.5, 0.6) is 0 Å². The molecule has 1 aromatic heterocycles. The fourth-order valence-electron chi connectivity index (χ4n) is 8.22. The standard InChI is InChI=1S/C38H75N9/c1-14-17-20-21-22-39-29-40-32-41-33(46(23-18-15-2)30-25-35(4,5)44(12)36(6,7)26-30)43-34(42-32)47(24-19-16-3)31-27-37(8,9)45(13)38(10,11)28-31/h30-31,39H,14-29H2,1-13H3,(H,40,41,42,43). The maximum absolute atomic E-state index is 5.44. The van der Waals surface area contributed by atoms with Crippen LogP contribution < -0.4 is 20.4 Å². The molecular weight excluding hydrogens is 582 g/mol. The average molecular weight is 658 g/mol. The van der Waals surface area contributed by atoms with E-state index < -0.39 is 0 Å². The first-order valence-corrected chi connectivity index (χ1v) is 19.2. The largest absolute Gasteiger partial charge is 0.341 e. The van der Waals surface area contributed by atoms with E-state index in [0.29, 0.717) is 24.7 Å². The zero-order chi connectivity index (χ0) is 35.0. The topological polar surface area (TPSA) is 75.7 Å². The maximum atomic E-state index is 5.44. The molecule has 9 heteroatoms. The summed E-state index contributed by atoms with van der Waals surface area (Å²) in [6.07, 6.45) is 13.9. The van der Waals surface area contributed by atoms with E-state index in [1.165, 1.54) is 25.7 Å². The molecule has 0 bridgehead atoms. The molecule has 2 aliphatic heterocycles. The Morgan fingerprint density at radius 1 is 0.596 bits per heavy atom. The Kier molecular flexibility index (Phi) is 14.2. The number of likely N-dealkylation sites (tertiary alicyclic amines) is 2. The van der Waals surface area contributed by atoms with Crippen LogP contribution in [0.2, 0.25) is 0 Å². The molecule has 3 heterocycles. The first-order chi connectivity index (χ1) is 22.0. The van der Waals surface area contributed by atoms with E-state index in [0.717, 1.165) is 82.9 Å². The molecule has 2 fully saturated rings. The van der Waals surface area contributed by atoms with Crippen molar-refractivity contribution in [3.63, 3.8) is 0 Å². The van der Waals surface area contributed by atoms with Gasteiger partial charge in [0.15, 0.2) is 0 Å². The van der Waals surface area contributed by atoms with Gasteiger partial charge in [0, 0.05) is 47.3 Å². The Morgan fingerprint density at radius 3 is 1.38 bits per heavy atom. The Morgan fingerprint density at radius 2 is 1.00 bits per heavy atom. The van der Waals surface area contributed by atoms with E-state index in [2.05, 4.69) is 120 Å². The third-order valence-electron chi connectivity index (χ3n) is 11.7. The molecule has 0 saturated carbocycles. The van der Waals surface area contributed by atoms with Gasteiger partial charge in [-0.25, -0.2) is 0 Å². The Hall–Kier alpha value is -1.71. The van der Waals surface area contributed by atoms with Gasteiger partial charge in [-0.3, -0.25) is 15.1 Å². The van der Waals surface area contributed by atoms with Crippen molar-refractivity contribution in [2.45, 2.75) is 187 Å². The number of unbranched alkanes of at least 4 members (excludes halogenated alkanes) is 5. The van der Waals surface area contributed by atoms with Crippen LogP contribution >= 0.6 is 0 Å². The molecule has 2 aliphatic rings. The molecule has 2 saturated heterocycles. The zero-order valence-electron chi connectivity index (χ0n) is 33.1. The minimum absolute atomic E-state index is 0.0773. The first-order valence-electron chi connectivity index (χ1n) is 19.2. The summed E-state index contributed by atoms with van der Waals surface area (Å²) in [5.41, 5.74) is 0.309. The molecule has 272 valence electrons. The Bertz CT molecular complexity index is 977. The average Bonchev–Trinajstić information content (AvgIpc) is 2.98. The van der Waals surface area contributed by atoms with Crippen LogP contribution in [0, 0.1) is 0 Å². The van der Waals surface area contributed by atoms with Crippen LogP contribution in [-0.4, -0.2) is 99.4 Å². The zero-order valence-corrected chi connectivity index (χ0v) is 33.1. The third-order valence-corrected chi connectivity index (χ3v) is 11.7. The quantitative estimate of drug-likeness (QED) is 0.121. The summed E-state index contributed by atoms with van der Waals surface area (Å²) < 4.78 is 0. The monoisotopic (exact) mass is 658 g/mol. The van der Waals surface area contributed by atoms with Gasteiger partial charge in [-0.15, -0.1) is 0 Å². The van der Waals surface area contributed by atoms with Gasteiger partial charge in [0.1, 0.15) is 0 Å². The lowest BCUT2D eigenvalue weighted by Crippen LogP contribution is -2.63. The van der Waals surface area contributed by atoms with E-state index in [1.54, 1.807) is 0 Å². The van der Waals surface area contributed by atoms with E-state index in [1.807, 2.05) is 0 Å². The number of anilines is 3. The van der Waals surface area contributed by atoms with Gasteiger partial charge >= 0.3 is 0 Å². The lowest BCUT2D eigenvalue weighted by atomic mass is 9.77. The first kappa shape index (κ1) is 39.7. The normalized spacial score (nSPS) is 21.6. The minimum atomic E-state index is 0.0773. The summed E-state index contributed by atoms with van der Waals surface area (Å²) in [7, 11) is 4.59. The van der Waals surface area contributed by atoms with Crippen molar-refractivity contribution in [1.29, 1.82) is 0 Å². The predicted molar refractivity (Wildman–Crippen MR) is 203 cm³/mol. The lowest BCUT2D eigenvalue weighted by molar-refractivity contribution is -0.0130. The molecule has 0 aliphatic carbocycles. The Labute approximate surface area is 290 Å². The molecular formula is C38H75N9. The summed E-state index contributed by atoms with van der Waals surface area (Å²) in [6.45, 7) is 29.6. The molecule has 0 radical (unpaired) electrons. The van der Waals surface area contributed by atoms with Gasteiger partial charge in [0.25, 0.3) is 0 Å². The van der Waals surface area contributed by atoms with Crippen LogP contribution in [0.1, 0.15) is 153 Å². The van der Waals surface area contributed by atoms with Crippen molar-refractivity contribution in [3.05, 3.63) is 0 Å². The molecule has 1 aromatic rings. The maximum Gasteiger partial charge on any atom is 0.232 e. The fourth-order valence-corrected chi connectivity index (χ4v) is 8.22. The van der Waals surface area contributed by atoms with Gasteiger partial charge in [-0.1, -0.05) is 52.9 Å². The molecule has 3 rings (SSSR count). The van der Waals surface area contributed by atoms with Crippen LogP contribution in [-0.2, 0) is 0 Å². The summed E-state index contributed by atoms with van der Waals surface area (Å²) in [5.74, 6) is 2.36. The predicted octanol–water partition coefficient (Wildman–Crippen LogP) is 7.93. The molecule has 47 heavy (non-hydrogen) atoms. The minimum Gasteiger partial charge on any atom is -0.341 e. The summed E-state index contributed by atoms with van der Waals surface area (Å²) in [5, 5.41) is 7.17. The van der Waals surface area contributed by atoms with Crippen molar-refractivity contribution in [2.75, 3.05) is 55.5 Å². The molecule has 0 atom stereocenters. The molecule has 0 spiro atoms.